The first-order valence-corrected chi connectivity index (χ1v) is 13.5. The van der Waals surface area contributed by atoms with Gasteiger partial charge in [-0.15, -0.1) is 0 Å². The third kappa shape index (κ3) is 5.56. The SMILES string of the molecule is Cc1ccc(-n2nc(C(F)(F)F)c3c2C(=O)N(c2ccc(N4CCCCC4=O)cc2)CC3)cc1CNC(=O)[C@H](C)N. The summed E-state index contributed by atoms with van der Waals surface area (Å²) >= 11 is 0. The molecule has 1 atom stereocenters. The first kappa shape index (κ1) is 28.3. The molecule has 41 heavy (non-hydrogen) atoms. The Morgan fingerprint density at radius 1 is 1.00 bits per heavy atom. The number of aryl methyl sites for hydroxylation is 1. The van der Waals surface area contributed by atoms with Gasteiger partial charge in [-0.25, -0.2) is 4.68 Å². The number of nitrogens with zero attached hydrogens (tertiary/aromatic N) is 4. The van der Waals surface area contributed by atoms with E-state index in [2.05, 4.69) is 10.4 Å². The van der Waals surface area contributed by atoms with Crippen LogP contribution in [-0.2, 0) is 28.7 Å². The van der Waals surface area contributed by atoms with E-state index in [1.807, 2.05) is 6.92 Å². The van der Waals surface area contributed by atoms with Gasteiger partial charge in [0.05, 0.1) is 11.7 Å². The molecule has 3 heterocycles. The second kappa shape index (κ2) is 11.0. The smallest absolute Gasteiger partial charge is 0.351 e. The number of alkyl halides is 3. The Hall–Kier alpha value is -4.19. The van der Waals surface area contributed by atoms with Crippen molar-refractivity contribution >= 4 is 29.1 Å². The molecule has 3 aromatic rings. The predicted octanol–water partition coefficient (Wildman–Crippen LogP) is 3.88. The first-order valence-electron chi connectivity index (χ1n) is 13.5. The maximum Gasteiger partial charge on any atom is 0.435 e. The fourth-order valence-electron chi connectivity index (χ4n) is 5.24. The zero-order valence-corrected chi connectivity index (χ0v) is 22.8. The summed E-state index contributed by atoms with van der Waals surface area (Å²) in [4.78, 5) is 41.2. The molecule has 3 amide bonds. The van der Waals surface area contributed by atoms with Gasteiger partial charge in [0.15, 0.2) is 5.69 Å². The zero-order chi connectivity index (χ0) is 29.5. The second-order valence-electron chi connectivity index (χ2n) is 10.4. The molecule has 1 saturated heterocycles. The molecule has 12 heteroatoms. The lowest BCUT2D eigenvalue weighted by atomic mass is 10.0. The van der Waals surface area contributed by atoms with Crippen LogP contribution in [0.4, 0.5) is 24.5 Å². The van der Waals surface area contributed by atoms with Crippen LogP contribution in [-0.4, -0.2) is 46.6 Å². The third-order valence-electron chi connectivity index (χ3n) is 7.53. The molecule has 5 rings (SSSR count). The van der Waals surface area contributed by atoms with Crippen LogP contribution in [0.15, 0.2) is 42.5 Å². The van der Waals surface area contributed by atoms with E-state index < -0.39 is 23.8 Å². The minimum Gasteiger partial charge on any atom is -0.351 e. The van der Waals surface area contributed by atoms with E-state index in [0.717, 1.165) is 28.8 Å². The van der Waals surface area contributed by atoms with Crippen molar-refractivity contribution in [3.05, 3.63) is 70.5 Å². The molecule has 2 aliphatic heterocycles. The number of piperidine rings is 1. The zero-order valence-electron chi connectivity index (χ0n) is 22.8. The molecule has 0 saturated carbocycles. The number of hydrogen-bond acceptors (Lipinski definition) is 5. The van der Waals surface area contributed by atoms with E-state index in [0.29, 0.717) is 24.2 Å². The fourth-order valence-corrected chi connectivity index (χ4v) is 5.24. The van der Waals surface area contributed by atoms with Crippen LogP contribution in [0, 0.1) is 6.92 Å². The van der Waals surface area contributed by atoms with Crippen LogP contribution in [0.2, 0.25) is 0 Å². The number of anilines is 2. The van der Waals surface area contributed by atoms with Gasteiger partial charge in [-0.3, -0.25) is 14.4 Å². The van der Waals surface area contributed by atoms with Crippen molar-refractivity contribution < 1.29 is 27.6 Å². The number of rotatable bonds is 6. The standard InChI is InChI=1S/C29H31F3N6O3/c1-17-6-7-22(15-19(17)16-34-27(40)18(2)33)38-25-23(26(35-38)29(30,31)32)12-14-37(28(25)41)21-10-8-20(9-11-21)36-13-4-3-5-24(36)39/h6-11,15,18H,3-5,12-14,16,33H2,1-2H3,(H,34,40)/t18-/m0/s1. The van der Waals surface area contributed by atoms with Gasteiger partial charge in [0, 0.05) is 43.0 Å². The monoisotopic (exact) mass is 568 g/mol. The lowest BCUT2D eigenvalue weighted by Crippen LogP contribution is -2.39. The molecular formula is C29H31F3N6O3. The lowest BCUT2D eigenvalue weighted by molar-refractivity contribution is -0.142. The summed E-state index contributed by atoms with van der Waals surface area (Å²) in [5.41, 5.74) is 7.16. The molecule has 0 spiro atoms. The lowest BCUT2D eigenvalue weighted by Gasteiger charge is -2.30. The average Bonchev–Trinajstić information content (AvgIpc) is 3.34. The van der Waals surface area contributed by atoms with E-state index in [1.54, 1.807) is 54.3 Å². The van der Waals surface area contributed by atoms with Crippen molar-refractivity contribution in [3.8, 4) is 5.69 Å². The van der Waals surface area contributed by atoms with Gasteiger partial charge in [-0.2, -0.15) is 18.3 Å². The second-order valence-corrected chi connectivity index (χ2v) is 10.4. The van der Waals surface area contributed by atoms with E-state index in [9.17, 15) is 27.6 Å². The Kier molecular flexibility index (Phi) is 7.60. The molecule has 9 nitrogen and oxygen atoms in total. The van der Waals surface area contributed by atoms with E-state index in [1.165, 1.54) is 4.90 Å². The summed E-state index contributed by atoms with van der Waals surface area (Å²) in [5.74, 6) is -0.934. The predicted molar refractivity (Wildman–Crippen MR) is 147 cm³/mol. The molecular weight excluding hydrogens is 537 g/mol. The number of halogens is 3. The molecule has 0 aliphatic carbocycles. The number of hydrogen-bond donors (Lipinski definition) is 2. The summed E-state index contributed by atoms with van der Waals surface area (Å²) in [6.45, 7) is 4.14. The number of amides is 3. The molecule has 1 aromatic heterocycles. The molecule has 3 N–H and O–H groups in total. The minimum atomic E-state index is -4.75. The average molecular weight is 569 g/mol. The van der Waals surface area contributed by atoms with Crippen LogP contribution >= 0.6 is 0 Å². The van der Waals surface area contributed by atoms with Crippen LogP contribution in [0.5, 0.6) is 0 Å². The number of aromatic nitrogens is 2. The highest BCUT2D eigenvalue weighted by Crippen LogP contribution is 2.37. The van der Waals surface area contributed by atoms with Crippen molar-refractivity contribution in [1.29, 1.82) is 0 Å². The number of carbonyl (C=O) groups is 3. The molecule has 1 fully saturated rings. The maximum atomic E-state index is 14.0. The van der Waals surface area contributed by atoms with E-state index in [4.69, 9.17) is 5.73 Å². The Morgan fingerprint density at radius 2 is 1.66 bits per heavy atom. The summed E-state index contributed by atoms with van der Waals surface area (Å²) < 4.78 is 43.2. The van der Waals surface area contributed by atoms with Gasteiger partial charge in [-0.05, 0) is 80.6 Å². The largest absolute Gasteiger partial charge is 0.435 e. The molecule has 2 aromatic carbocycles. The van der Waals surface area contributed by atoms with Crippen molar-refractivity contribution in [1.82, 2.24) is 15.1 Å². The Balaban J connectivity index is 1.50. The van der Waals surface area contributed by atoms with Crippen molar-refractivity contribution in [2.75, 3.05) is 22.9 Å². The van der Waals surface area contributed by atoms with Crippen LogP contribution in [0.3, 0.4) is 0 Å². The van der Waals surface area contributed by atoms with Gasteiger partial charge in [-0.1, -0.05) is 6.07 Å². The molecule has 216 valence electrons. The summed E-state index contributed by atoms with van der Waals surface area (Å²) in [5, 5.41) is 6.59. The van der Waals surface area contributed by atoms with E-state index in [-0.39, 0.29) is 48.3 Å². The molecule has 2 aliphatic rings. The van der Waals surface area contributed by atoms with Crippen molar-refractivity contribution in [3.63, 3.8) is 0 Å². The van der Waals surface area contributed by atoms with E-state index >= 15 is 0 Å². The fraction of sp³-hybridized carbons (Fsp3) is 0.379. The van der Waals surface area contributed by atoms with Crippen molar-refractivity contribution in [2.45, 2.75) is 58.3 Å². The van der Waals surface area contributed by atoms with Gasteiger partial charge in [0.1, 0.15) is 5.69 Å². The third-order valence-corrected chi connectivity index (χ3v) is 7.53. The molecule has 0 unspecified atom stereocenters. The number of nitrogens with one attached hydrogen (secondary N) is 1. The Bertz CT molecular complexity index is 1500. The topological polar surface area (TPSA) is 114 Å². The van der Waals surface area contributed by atoms with Gasteiger partial charge < -0.3 is 20.9 Å². The Labute approximate surface area is 235 Å². The summed E-state index contributed by atoms with van der Waals surface area (Å²) in [7, 11) is 0. The summed E-state index contributed by atoms with van der Waals surface area (Å²) in [6.07, 6.45) is -2.54. The molecule has 0 radical (unpaired) electrons. The van der Waals surface area contributed by atoms with Crippen LogP contribution in [0.1, 0.15) is 59.1 Å². The van der Waals surface area contributed by atoms with Crippen molar-refractivity contribution in [2.24, 2.45) is 5.73 Å². The summed E-state index contributed by atoms with van der Waals surface area (Å²) in [6, 6.07) is 11.1. The highest BCUT2D eigenvalue weighted by Gasteiger charge is 2.43. The first-order chi connectivity index (χ1) is 19.5. The normalized spacial score (nSPS) is 16.5. The number of benzene rings is 2. The molecule has 0 bridgehead atoms. The van der Waals surface area contributed by atoms with Gasteiger partial charge in [0.25, 0.3) is 5.91 Å². The van der Waals surface area contributed by atoms with Crippen LogP contribution < -0.4 is 20.9 Å². The van der Waals surface area contributed by atoms with Gasteiger partial charge >= 0.3 is 6.18 Å². The number of carbonyl (C=O) groups excluding carboxylic acids is 3. The quantitative estimate of drug-likeness (QED) is 0.469. The highest BCUT2D eigenvalue weighted by molar-refractivity contribution is 6.08. The number of nitrogens with two attached hydrogens (primary N) is 1. The van der Waals surface area contributed by atoms with Crippen LogP contribution in [0.25, 0.3) is 5.69 Å². The van der Waals surface area contributed by atoms with Gasteiger partial charge in [0.2, 0.25) is 11.8 Å². The maximum absolute atomic E-state index is 14.0. The number of fused-ring (bicyclic) bond motifs is 1. The minimum absolute atomic E-state index is 0.0363. The highest BCUT2D eigenvalue weighted by atomic mass is 19.4. The Morgan fingerprint density at radius 3 is 2.29 bits per heavy atom.